The van der Waals surface area contributed by atoms with E-state index in [1.54, 1.807) is 12.3 Å². The molecule has 2 aromatic rings. The highest BCUT2D eigenvalue weighted by Crippen LogP contribution is 2.25. The van der Waals surface area contributed by atoms with E-state index in [-0.39, 0.29) is 30.7 Å². The van der Waals surface area contributed by atoms with Gasteiger partial charge in [-0.3, -0.25) is 4.79 Å². The first-order valence-corrected chi connectivity index (χ1v) is 7.54. The summed E-state index contributed by atoms with van der Waals surface area (Å²) in [4.78, 5) is 16.8. The van der Waals surface area contributed by atoms with Crippen LogP contribution in [0.15, 0.2) is 24.5 Å². The standard InChI is InChI=1S/C15H21ClN4O.2ClH/c1-3-15(4-2,10-17)14(21)18-7-12-9-20-8-11(16)5-6-13(20)19-12;;/h5-6,8-9H,3-4,7,10,17H2,1-2H3,(H,18,21);2*1H. The van der Waals surface area contributed by atoms with Crippen LogP contribution in [0, 0.1) is 5.41 Å². The Hall–Kier alpha value is -1.01. The molecule has 130 valence electrons. The number of nitrogens with zero attached hydrogens (tertiary/aromatic N) is 2. The fourth-order valence-corrected chi connectivity index (χ4v) is 2.58. The third kappa shape index (κ3) is 4.73. The first kappa shape index (κ1) is 22.0. The van der Waals surface area contributed by atoms with Gasteiger partial charge in [0.1, 0.15) is 5.65 Å². The molecule has 0 aromatic carbocycles. The zero-order valence-corrected chi connectivity index (χ0v) is 15.6. The molecule has 0 saturated carbocycles. The van der Waals surface area contributed by atoms with Crippen LogP contribution in [0.1, 0.15) is 32.4 Å². The second-order valence-corrected chi connectivity index (χ2v) is 5.66. The molecule has 0 unspecified atom stereocenters. The number of aromatic nitrogens is 2. The van der Waals surface area contributed by atoms with E-state index in [1.807, 2.05) is 30.5 Å². The lowest BCUT2D eigenvalue weighted by atomic mass is 9.81. The minimum atomic E-state index is -0.484. The van der Waals surface area contributed by atoms with Crippen molar-refractivity contribution >= 4 is 48.0 Å². The number of halogens is 3. The van der Waals surface area contributed by atoms with Crippen molar-refractivity contribution in [3.05, 3.63) is 35.2 Å². The van der Waals surface area contributed by atoms with E-state index in [2.05, 4.69) is 10.3 Å². The highest BCUT2D eigenvalue weighted by Gasteiger charge is 2.33. The van der Waals surface area contributed by atoms with Gasteiger partial charge in [-0.05, 0) is 25.0 Å². The molecule has 0 aliphatic carbocycles. The van der Waals surface area contributed by atoms with E-state index in [0.29, 0.717) is 18.1 Å². The Labute approximate surface area is 153 Å². The number of nitrogens with two attached hydrogens (primary N) is 1. The molecule has 2 heterocycles. The Bertz CT molecular complexity index is 632. The zero-order chi connectivity index (χ0) is 15.5. The van der Waals surface area contributed by atoms with Gasteiger partial charge in [0.05, 0.1) is 22.7 Å². The number of hydrogen-bond acceptors (Lipinski definition) is 3. The number of rotatable bonds is 6. The summed E-state index contributed by atoms with van der Waals surface area (Å²) in [5, 5.41) is 3.59. The van der Waals surface area contributed by atoms with Crippen LogP contribution in [-0.2, 0) is 11.3 Å². The van der Waals surface area contributed by atoms with Crippen molar-refractivity contribution in [2.75, 3.05) is 6.54 Å². The molecule has 0 atom stereocenters. The van der Waals surface area contributed by atoms with Gasteiger partial charge in [-0.25, -0.2) is 4.98 Å². The summed E-state index contributed by atoms with van der Waals surface area (Å²) in [6.07, 6.45) is 5.11. The van der Waals surface area contributed by atoms with Crippen molar-refractivity contribution in [1.82, 2.24) is 14.7 Å². The largest absolute Gasteiger partial charge is 0.350 e. The lowest BCUT2D eigenvalue weighted by Crippen LogP contribution is -2.45. The number of fused-ring (bicyclic) bond motifs is 1. The van der Waals surface area contributed by atoms with Gasteiger partial charge in [-0.1, -0.05) is 25.4 Å². The fraction of sp³-hybridized carbons (Fsp3) is 0.467. The van der Waals surface area contributed by atoms with Crippen molar-refractivity contribution in [3.63, 3.8) is 0 Å². The van der Waals surface area contributed by atoms with Crippen LogP contribution in [-0.4, -0.2) is 21.8 Å². The maximum atomic E-state index is 12.4. The van der Waals surface area contributed by atoms with Crippen LogP contribution in [0.5, 0.6) is 0 Å². The quantitative estimate of drug-likeness (QED) is 0.807. The predicted molar refractivity (Wildman–Crippen MR) is 98.6 cm³/mol. The molecule has 0 aliphatic rings. The van der Waals surface area contributed by atoms with Crippen LogP contribution in [0.3, 0.4) is 0 Å². The molecule has 0 aliphatic heterocycles. The predicted octanol–water partition coefficient (Wildman–Crippen LogP) is 3.21. The van der Waals surface area contributed by atoms with E-state index in [4.69, 9.17) is 17.3 Å². The normalized spacial score (nSPS) is 10.8. The molecule has 1 amide bonds. The highest BCUT2D eigenvalue weighted by atomic mass is 35.5. The molecule has 0 radical (unpaired) electrons. The van der Waals surface area contributed by atoms with Gasteiger partial charge in [0.2, 0.25) is 5.91 Å². The van der Waals surface area contributed by atoms with Crippen molar-refractivity contribution < 1.29 is 4.79 Å². The van der Waals surface area contributed by atoms with E-state index < -0.39 is 5.41 Å². The topological polar surface area (TPSA) is 72.4 Å². The molecule has 0 spiro atoms. The van der Waals surface area contributed by atoms with Gasteiger partial charge in [0.15, 0.2) is 0 Å². The van der Waals surface area contributed by atoms with Gasteiger partial charge in [0.25, 0.3) is 0 Å². The van der Waals surface area contributed by atoms with Crippen LogP contribution >= 0.6 is 36.4 Å². The minimum absolute atomic E-state index is 0. The van der Waals surface area contributed by atoms with Crippen LogP contribution in [0.2, 0.25) is 5.02 Å². The average Bonchev–Trinajstić information content (AvgIpc) is 2.89. The number of amides is 1. The SMILES string of the molecule is CCC(CC)(CN)C(=O)NCc1cn2cc(Cl)ccc2n1.Cl.Cl. The maximum absolute atomic E-state index is 12.4. The summed E-state index contributed by atoms with van der Waals surface area (Å²) >= 11 is 5.94. The molecule has 8 heteroatoms. The van der Waals surface area contributed by atoms with Crippen LogP contribution < -0.4 is 11.1 Å². The second-order valence-electron chi connectivity index (χ2n) is 5.22. The Morgan fingerprint density at radius 3 is 2.52 bits per heavy atom. The molecular formula is C15H23Cl3N4O. The first-order chi connectivity index (χ1) is 10.0. The molecule has 0 fully saturated rings. The van der Waals surface area contributed by atoms with Crippen LogP contribution in [0.4, 0.5) is 0 Å². The number of pyridine rings is 1. The van der Waals surface area contributed by atoms with E-state index in [1.165, 1.54) is 0 Å². The zero-order valence-electron chi connectivity index (χ0n) is 13.2. The Kier molecular flexibility index (Phi) is 8.92. The summed E-state index contributed by atoms with van der Waals surface area (Å²) in [7, 11) is 0. The lowest BCUT2D eigenvalue weighted by molar-refractivity contribution is -0.131. The van der Waals surface area contributed by atoms with Gasteiger partial charge in [-0.15, -0.1) is 24.8 Å². The smallest absolute Gasteiger partial charge is 0.227 e. The van der Waals surface area contributed by atoms with E-state index in [9.17, 15) is 4.79 Å². The number of hydrogen-bond donors (Lipinski definition) is 2. The van der Waals surface area contributed by atoms with Gasteiger partial charge in [0, 0.05) is 18.9 Å². The van der Waals surface area contributed by atoms with Crippen molar-refractivity contribution in [3.8, 4) is 0 Å². The third-order valence-corrected chi connectivity index (χ3v) is 4.34. The molecule has 23 heavy (non-hydrogen) atoms. The van der Waals surface area contributed by atoms with Gasteiger partial charge >= 0.3 is 0 Å². The Morgan fingerprint density at radius 1 is 1.30 bits per heavy atom. The van der Waals surface area contributed by atoms with Gasteiger partial charge < -0.3 is 15.5 Å². The lowest BCUT2D eigenvalue weighted by Gasteiger charge is -2.28. The highest BCUT2D eigenvalue weighted by molar-refractivity contribution is 6.30. The summed E-state index contributed by atoms with van der Waals surface area (Å²) in [5.41, 5.74) is 6.90. The number of carbonyl (C=O) groups is 1. The summed E-state index contributed by atoms with van der Waals surface area (Å²) < 4.78 is 1.85. The average molecular weight is 382 g/mol. The van der Waals surface area contributed by atoms with Crippen molar-refractivity contribution in [1.29, 1.82) is 0 Å². The van der Waals surface area contributed by atoms with Crippen LogP contribution in [0.25, 0.3) is 5.65 Å². The Balaban J connectivity index is 0.00000242. The molecule has 2 rings (SSSR count). The number of carbonyl (C=O) groups excluding carboxylic acids is 1. The summed E-state index contributed by atoms with van der Waals surface area (Å²) in [6, 6.07) is 3.63. The van der Waals surface area contributed by atoms with Crippen molar-refractivity contribution in [2.45, 2.75) is 33.2 Å². The summed E-state index contributed by atoms with van der Waals surface area (Å²) in [5.74, 6) is -0.00918. The molecule has 0 bridgehead atoms. The molecule has 0 saturated heterocycles. The van der Waals surface area contributed by atoms with Crippen molar-refractivity contribution in [2.24, 2.45) is 11.1 Å². The number of nitrogens with one attached hydrogen (secondary N) is 1. The molecule has 5 nitrogen and oxygen atoms in total. The summed E-state index contributed by atoms with van der Waals surface area (Å²) in [6.45, 7) is 4.72. The third-order valence-electron chi connectivity index (χ3n) is 4.12. The second kappa shape index (κ2) is 9.33. The molecule has 3 N–H and O–H groups in total. The first-order valence-electron chi connectivity index (χ1n) is 7.16. The molecular weight excluding hydrogens is 359 g/mol. The van der Waals surface area contributed by atoms with E-state index >= 15 is 0 Å². The maximum Gasteiger partial charge on any atom is 0.227 e. The molecule has 2 aromatic heterocycles. The van der Waals surface area contributed by atoms with Gasteiger partial charge in [-0.2, -0.15) is 0 Å². The Morgan fingerprint density at radius 2 is 1.96 bits per heavy atom. The van der Waals surface area contributed by atoms with E-state index in [0.717, 1.165) is 24.2 Å². The minimum Gasteiger partial charge on any atom is -0.350 e. The number of imidazole rings is 1. The monoisotopic (exact) mass is 380 g/mol. The fourth-order valence-electron chi connectivity index (χ4n) is 2.41.